The van der Waals surface area contributed by atoms with E-state index >= 15 is 0 Å². The lowest BCUT2D eigenvalue weighted by Gasteiger charge is -2.09. The summed E-state index contributed by atoms with van der Waals surface area (Å²) in [5.74, 6) is -3.47. The van der Waals surface area contributed by atoms with E-state index in [1.54, 1.807) is 12.1 Å². The molecule has 6 heteroatoms. The number of hydrogen-bond donors (Lipinski definition) is 1. The van der Waals surface area contributed by atoms with E-state index in [-0.39, 0.29) is 11.3 Å². The Morgan fingerprint density at radius 2 is 1.64 bits per heavy atom. The number of carboxylic acid groups (broad SMARTS) is 1. The largest absolute Gasteiger partial charge is 0.475 e. The number of rotatable bonds is 6. The van der Waals surface area contributed by atoms with Crippen LogP contribution in [-0.4, -0.2) is 22.6 Å². The quantitative estimate of drug-likeness (QED) is 0.504. The highest BCUT2D eigenvalue weighted by Crippen LogP contribution is 2.26. The Labute approximate surface area is 125 Å². The van der Waals surface area contributed by atoms with Gasteiger partial charge in [-0.1, -0.05) is 12.1 Å². The van der Waals surface area contributed by atoms with Crippen LogP contribution in [0.25, 0.3) is 0 Å². The molecule has 0 saturated heterocycles. The van der Waals surface area contributed by atoms with E-state index in [4.69, 9.17) is 9.84 Å². The normalized spacial score (nSPS) is 10.0. The van der Waals surface area contributed by atoms with E-state index in [2.05, 4.69) is 0 Å². The van der Waals surface area contributed by atoms with Crippen LogP contribution in [0, 0.1) is 5.82 Å². The van der Waals surface area contributed by atoms with Crippen LogP contribution in [0.15, 0.2) is 48.5 Å². The van der Waals surface area contributed by atoms with Gasteiger partial charge in [0.15, 0.2) is 5.78 Å². The molecular weight excluding hydrogens is 291 g/mol. The van der Waals surface area contributed by atoms with Crippen LogP contribution in [0.5, 0.6) is 11.5 Å². The van der Waals surface area contributed by atoms with Gasteiger partial charge in [-0.2, -0.15) is 0 Å². The van der Waals surface area contributed by atoms with Crippen molar-refractivity contribution in [2.45, 2.75) is 6.42 Å². The van der Waals surface area contributed by atoms with Crippen molar-refractivity contribution >= 4 is 17.5 Å². The van der Waals surface area contributed by atoms with E-state index in [0.29, 0.717) is 5.75 Å². The summed E-state index contributed by atoms with van der Waals surface area (Å²) in [6.07, 6.45) is -0.751. The van der Waals surface area contributed by atoms with Gasteiger partial charge >= 0.3 is 5.97 Å². The van der Waals surface area contributed by atoms with Crippen molar-refractivity contribution in [3.8, 4) is 11.5 Å². The molecule has 1 N–H and O–H groups in total. The Balaban J connectivity index is 2.23. The minimum absolute atomic E-state index is 0.0847. The van der Waals surface area contributed by atoms with Crippen molar-refractivity contribution in [3.05, 3.63) is 59.9 Å². The number of Topliss-reactive ketones (excluding diaryl/α,β-unsaturated/α-hetero) is 2. The SMILES string of the molecule is O=C(O)C(=O)CC(=O)c1ccccc1Oc1ccc(F)cc1. The van der Waals surface area contributed by atoms with Crippen molar-refractivity contribution in [1.29, 1.82) is 0 Å². The van der Waals surface area contributed by atoms with Crippen LogP contribution >= 0.6 is 0 Å². The van der Waals surface area contributed by atoms with Gasteiger partial charge in [-0.3, -0.25) is 9.59 Å². The smallest absolute Gasteiger partial charge is 0.372 e. The van der Waals surface area contributed by atoms with Gasteiger partial charge in [0.25, 0.3) is 0 Å². The molecule has 0 saturated carbocycles. The number of carboxylic acids is 1. The summed E-state index contributed by atoms with van der Waals surface area (Å²) in [5, 5.41) is 8.54. The fourth-order valence-corrected chi connectivity index (χ4v) is 1.73. The van der Waals surface area contributed by atoms with Crippen molar-refractivity contribution in [2.75, 3.05) is 0 Å². The molecule has 0 atom stereocenters. The molecule has 0 fully saturated rings. The number of halogens is 1. The third kappa shape index (κ3) is 3.76. The summed E-state index contributed by atoms with van der Waals surface area (Å²) in [7, 11) is 0. The topological polar surface area (TPSA) is 80.7 Å². The number of carbonyl (C=O) groups is 3. The fraction of sp³-hybridized carbons (Fsp3) is 0.0625. The highest BCUT2D eigenvalue weighted by molar-refractivity contribution is 6.37. The monoisotopic (exact) mass is 302 g/mol. The predicted octanol–water partition coefficient (Wildman–Crippen LogP) is 2.84. The molecule has 0 aliphatic heterocycles. The van der Waals surface area contributed by atoms with Crippen LogP contribution in [0.1, 0.15) is 16.8 Å². The number of ether oxygens (including phenoxy) is 1. The standard InChI is InChI=1S/C16H11FO5/c17-10-5-7-11(8-6-10)22-15-4-2-1-3-12(15)13(18)9-14(19)16(20)21/h1-8H,9H2,(H,20,21). The maximum absolute atomic E-state index is 12.8. The second-order valence-corrected chi connectivity index (χ2v) is 4.38. The van der Waals surface area contributed by atoms with Gasteiger partial charge in [0.05, 0.1) is 12.0 Å². The lowest BCUT2D eigenvalue weighted by atomic mass is 10.0. The number of para-hydroxylation sites is 1. The molecule has 22 heavy (non-hydrogen) atoms. The number of hydrogen-bond acceptors (Lipinski definition) is 4. The van der Waals surface area contributed by atoms with Crippen molar-refractivity contribution in [3.63, 3.8) is 0 Å². The van der Waals surface area contributed by atoms with Crippen molar-refractivity contribution in [1.82, 2.24) is 0 Å². The first-order chi connectivity index (χ1) is 10.5. The minimum Gasteiger partial charge on any atom is -0.475 e. The van der Waals surface area contributed by atoms with Crippen molar-refractivity contribution in [2.24, 2.45) is 0 Å². The minimum atomic E-state index is -1.66. The van der Waals surface area contributed by atoms with E-state index in [0.717, 1.165) is 0 Å². The van der Waals surface area contributed by atoms with Crippen LogP contribution in [0.3, 0.4) is 0 Å². The van der Waals surface area contributed by atoms with Gasteiger partial charge in [-0.05, 0) is 36.4 Å². The maximum atomic E-state index is 12.8. The van der Waals surface area contributed by atoms with Gasteiger partial charge in [0, 0.05) is 0 Å². The third-order valence-corrected chi connectivity index (χ3v) is 2.79. The second kappa shape index (κ2) is 6.62. The molecule has 0 heterocycles. The summed E-state index contributed by atoms with van der Waals surface area (Å²) in [5.41, 5.74) is 0.0847. The van der Waals surface area contributed by atoms with Gasteiger partial charge in [-0.25, -0.2) is 9.18 Å². The summed E-state index contributed by atoms with van der Waals surface area (Å²) in [4.78, 5) is 33.6. The van der Waals surface area contributed by atoms with Gasteiger partial charge in [0.2, 0.25) is 5.78 Å². The molecule has 0 bridgehead atoms. The molecule has 0 amide bonds. The van der Waals surface area contributed by atoms with E-state index < -0.39 is 29.8 Å². The Kier molecular flexibility index (Phi) is 4.63. The van der Waals surface area contributed by atoms with Crippen LogP contribution < -0.4 is 4.74 Å². The summed E-state index contributed by atoms with van der Waals surface area (Å²) < 4.78 is 18.3. The van der Waals surface area contributed by atoms with E-state index in [1.807, 2.05) is 0 Å². The Hall–Kier alpha value is -3.02. The van der Waals surface area contributed by atoms with Gasteiger partial charge < -0.3 is 9.84 Å². The zero-order chi connectivity index (χ0) is 16.1. The molecule has 112 valence electrons. The Morgan fingerprint density at radius 3 is 2.27 bits per heavy atom. The highest BCUT2D eigenvalue weighted by Gasteiger charge is 2.20. The molecule has 0 aliphatic carbocycles. The zero-order valence-corrected chi connectivity index (χ0v) is 11.3. The lowest BCUT2D eigenvalue weighted by molar-refractivity contribution is -0.148. The number of ketones is 2. The predicted molar refractivity (Wildman–Crippen MR) is 74.5 cm³/mol. The lowest BCUT2D eigenvalue weighted by Crippen LogP contribution is -2.17. The number of benzene rings is 2. The van der Waals surface area contributed by atoms with Crippen molar-refractivity contribution < 1.29 is 28.6 Å². The first-order valence-electron chi connectivity index (χ1n) is 6.29. The number of aliphatic carboxylic acids is 1. The summed E-state index contributed by atoms with van der Waals surface area (Å²) >= 11 is 0. The third-order valence-electron chi connectivity index (χ3n) is 2.79. The molecule has 2 aromatic carbocycles. The molecular formula is C16H11FO5. The first kappa shape index (κ1) is 15.4. The molecule has 0 unspecified atom stereocenters. The average Bonchev–Trinajstić information content (AvgIpc) is 2.50. The molecule has 5 nitrogen and oxygen atoms in total. The maximum Gasteiger partial charge on any atom is 0.372 e. The molecule has 2 aromatic rings. The van der Waals surface area contributed by atoms with E-state index in [1.165, 1.54) is 36.4 Å². The molecule has 0 aromatic heterocycles. The highest BCUT2D eigenvalue weighted by atomic mass is 19.1. The molecule has 0 spiro atoms. The summed E-state index contributed by atoms with van der Waals surface area (Å²) in [6.45, 7) is 0. The average molecular weight is 302 g/mol. The van der Waals surface area contributed by atoms with Crippen LogP contribution in [0.4, 0.5) is 4.39 Å². The Morgan fingerprint density at radius 1 is 1.00 bits per heavy atom. The van der Waals surface area contributed by atoms with Gasteiger partial charge in [-0.15, -0.1) is 0 Å². The Bertz CT molecular complexity index is 722. The zero-order valence-electron chi connectivity index (χ0n) is 11.3. The van der Waals surface area contributed by atoms with E-state index in [9.17, 15) is 18.8 Å². The van der Waals surface area contributed by atoms with Gasteiger partial charge in [0.1, 0.15) is 17.3 Å². The molecule has 0 radical (unpaired) electrons. The first-order valence-corrected chi connectivity index (χ1v) is 6.29. The van der Waals surface area contributed by atoms with Crippen LogP contribution in [0.2, 0.25) is 0 Å². The van der Waals surface area contributed by atoms with Crippen LogP contribution in [-0.2, 0) is 9.59 Å². The second-order valence-electron chi connectivity index (χ2n) is 4.38. The molecule has 0 aliphatic rings. The summed E-state index contributed by atoms with van der Waals surface area (Å²) in [6, 6.07) is 11.3. The number of carbonyl (C=O) groups excluding carboxylic acids is 2. The fourth-order valence-electron chi connectivity index (χ4n) is 1.73. The molecule has 2 rings (SSSR count).